The highest BCUT2D eigenvalue weighted by atomic mass is 16.4. The van der Waals surface area contributed by atoms with Gasteiger partial charge in [0.05, 0.1) is 17.1 Å². The van der Waals surface area contributed by atoms with Crippen LogP contribution in [0, 0.1) is 13.8 Å². The Kier molecular flexibility index (Phi) is 4.08. The van der Waals surface area contributed by atoms with Crippen LogP contribution >= 0.6 is 0 Å². The van der Waals surface area contributed by atoms with Crippen molar-refractivity contribution in [2.75, 3.05) is 5.32 Å². The highest BCUT2D eigenvalue weighted by Gasteiger charge is 2.21. The lowest BCUT2D eigenvalue weighted by atomic mass is 10.1. The molecular weight excluding hydrogens is 254 g/mol. The number of benzene rings is 1. The number of hydrogen-bond acceptors (Lipinski definition) is 3. The largest absolute Gasteiger partial charge is 0.480 e. The number of aliphatic carboxylic acids is 1. The molecule has 0 aliphatic rings. The van der Waals surface area contributed by atoms with Gasteiger partial charge in [-0.2, -0.15) is 5.10 Å². The van der Waals surface area contributed by atoms with E-state index in [0.717, 1.165) is 22.6 Å². The SMILES string of the molecule is Cc1nn(C)c(C)c1NC(Cc1ccccc1)C(=O)O. The zero-order valence-corrected chi connectivity index (χ0v) is 11.9. The first-order chi connectivity index (χ1) is 9.49. The van der Waals surface area contributed by atoms with Gasteiger partial charge in [0.15, 0.2) is 0 Å². The van der Waals surface area contributed by atoms with Crippen LogP contribution in [0.15, 0.2) is 30.3 Å². The van der Waals surface area contributed by atoms with Crippen molar-refractivity contribution in [3.63, 3.8) is 0 Å². The summed E-state index contributed by atoms with van der Waals surface area (Å²) in [6.07, 6.45) is 0.434. The van der Waals surface area contributed by atoms with Crippen molar-refractivity contribution < 1.29 is 9.90 Å². The summed E-state index contributed by atoms with van der Waals surface area (Å²) in [5.41, 5.74) is 3.54. The molecule has 1 heterocycles. The van der Waals surface area contributed by atoms with Crippen LogP contribution in [0.25, 0.3) is 0 Å². The van der Waals surface area contributed by atoms with Gasteiger partial charge in [-0.3, -0.25) is 4.68 Å². The third-order valence-electron chi connectivity index (χ3n) is 3.41. The molecular formula is C15H19N3O2. The number of aryl methyl sites for hydroxylation is 2. The summed E-state index contributed by atoms with van der Waals surface area (Å²) >= 11 is 0. The summed E-state index contributed by atoms with van der Waals surface area (Å²) in [7, 11) is 1.85. The van der Waals surface area contributed by atoms with E-state index in [9.17, 15) is 9.90 Å². The molecule has 1 unspecified atom stereocenters. The van der Waals surface area contributed by atoms with Gasteiger partial charge in [-0.1, -0.05) is 30.3 Å². The van der Waals surface area contributed by atoms with Crippen LogP contribution in [-0.2, 0) is 18.3 Å². The normalized spacial score (nSPS) is 12.2. The molecule has 0 spiro atoms. The second kappa shape index (κ2) is 5.77. The fourth-order valence-electron chi connectivity index (χ4n) is 2.21. The highest BCUT2D eigenvalue weighted by Crippen LogP contribution is 2.20. The maximum absolute atomic E-state index is 11.4. The zero-order valence-electron chi connectivity index (χ0n) is 11.9. The summed E-state index contributed by atoms with van der Waals surface area (Å²) in [6.45, 7) is 3.79. The molecule has 5 heteroatoms. The molecule has 106 valence electrons. The summed E-state index contributed by atoms with van der Waals surface area (Å²) in [5.74, 6) is -0.864. The van der Waals surface area contributed by atoms with Crippen LogP contribution in [0.4, 0.5) is 5.69 Å². The summed E-state index contributed by atoms with van der Waals surface area (Å²) in [4.78, 5) is 11.4. The molecule has 0 fully saturated rings. The molecule has 1 aromatic carbocycles. The van der Waals surface area contributed by atoms with Gasteiger partial charge in [0.25, 0.3) is 0 Å². The molecule has 2 aromatic rings. The minimum atomic E-state index is -0.864. The zero-order chi connectivity index (χ0) is 14.7. The molecule has 0 radical (unpaired) electrons. The lowest BCUT2D eigenvalue weighted by molar-refractivity contribution is -0.137. The van der Waals surface area contributed by atoms with Crippen molar-refractivity contribution in [1.82, 2.24) is 9.78 Å². The van der Waals surface area contributed by atoms with E-state index in [1.54, 1.807) is 4.68 Å². The van der Waals surface area contributed by atoms with E-state index >= 15 is 0 Å². The predicted octanol–water partition coefficient (Wildman–Crippen LogP) is 2.14. The molecule has 20 heavy (non-hydrogen) atoms. The molecule has 0 bridgehead atoms. The van der Waals surface area contributed by atoms with Gasteiger partial charge in [-0.15, -0.1) is 0 Å². The van der Waals surface area contributed by atoms with Gasteiger partial charge in [-0.05, 0) is 19.4 Å². The maximum atomic E-state index is 11.4. The Balaban J connectivity index is 2.20. The molecule has 1 aromatic heterocycles. The third kappa shape index (κ3) is 2.99. The number of carboxylic acids is 1. The smallest absolute Gasteiger partial charge is 0.326 e. The first-order valence-electron chi connectivity index (χ1n) is 6.52. The van der Waals surface area contributed by atoms with Crippen LogP contribution in [0.3, 0.4) is 0 Å². The van der Waals surface area contributed by atoms with E-state index in [1.165, 1.54) is 0 Å². The van der Waals surface area contributed by atoms with E-state index in [1.807, 2.05) is 51.2 Å². The number of rotatable bonds is 5. The second-order valence-electron chi connectivity index (χ2n) is 4.89. The quantitative estimate of drug-likeness (QED) is 0.876. The average Bonchev–Trinajstić information content (AvgIpc) is 2.65. The predicted molar refractivity (Wildman–Crippen MR) is 77.9 cm³/mol. The standard InChI is InChI=1S/C15H19N3O2/c1-10-14(11(2)18(3)17-10)16-13(15(19)20)9-12-7-5-4-6-8-12/h4-8,13,16H,9H2,1-3H3,(H,19,20). The average molecular weight is 273 g/mol. The first-order valence-corrected chi connectivity index (χ1v) is 6.52. The van der Waals surface area contributed by atoms with E-state index in [-0.39, 0.29) is 0 Å². The van der Waals surface area contributed by atoms with Crippen molar-refractivity contribution in [2.24, 2.45) is 7.05 Å². The van der Waals surface area contributed by atoms with Gasteiger partial charge in [0.2, 0.25) is 0 Å². The number of nitrogens with one attached hydrogen (secondary N) is 1. The van der Waals surface area contributed by atoms with Crippen molar-refractivity contribution in [1.29, 1.82) is 0 Å². The first kappa shape index (κ1) is 14.1. The highest BCUT2D eigenvalue weighted by molar-refractivity contribution is 5.78. The molecule has 5 nitrogen and oxygen atoms in total. The molecule has 0 aliphatic carbocycles. The summed E-state index contributed by atoms with van der Waals surface area (Å²) in [6, 6.07) is 8.94. The van der Waals surface area contributed by atoms with Crippen LogP contribution in [0.1, 0.15) is 17.0 Å². The van der Waals surface area contributed by atoms with E-state index in [2.05, 4.69) is 10.4 Å². The summed E-state index contributed by atoms with van der Waals surface area (Å²) in [5, 5.41) is 16.8. The Labute approximate surface area is 118 Å². The number of aromatic nitrogens is 2. The van der Waals surface area contributed by atoms with Crippen molar-refractivity contribution in [3.8, 4) is 0 Å². The fourth-order valence-corrected chi connectivity index (χ4v) is 2.21. The monoisotopic (exact) mass is 273 g/mol. The second-order valence-corrected chi connectivity index (χ2v) is 4.89. The van der Waals surface area contributed by atoms with E-state index in [0.29, 0.717) is 6.42 Å². The maximum Gasteiger partial charge on any atom is 0.326 e. The molecule has 0 saturated heterocycles. The van der Waals surface area contributed by atoms with Gasteiger partial charge in [-0.25, -0.2) is 4.79 Å². The minimum Gasteiger partial charge on any atom is -0.480 e. The molecule has 2 N–H and O–H groups in total. The van der Waals surface area contributed by atoms with Crippen LogP contribution in [-0.4, -0.2) is 26.9 Å². The lowest BCUT2D eigenvalue weighted by Crippen LogP contribution is -2.32. The van der Waals surface area contributed by atoms with Crippen molar-refractivity contribution in [2.45, 2.75) is 26.3 Å². The van der Waals surface area contributed by atoms with Crippen molar-refractivity contribution in [3.05, 3.63) is 47.3 Å². The Morgan fingerprint density at radius 1 is 1.35 bits per heavy atom. The van der Waals surface area contributed by atoms with Crippen LogP contribution in [0.2, 0.25) is 0 Å². The Morgan fingerprint density at radius 2 is 2.00 bits per heavy atom. The van der Waals surface area contributed by atoms with Gasteiger partial charge in [0, 0.05) is 13.5 Å². The van der Waals surface area contributed by atoms with Gasteiger partial charge < -0.3 is 10.4 Å². The molecule has 2 rings (SSSR count). The van der Waals surface area contributed by atoms with Crippen LogP contribution < -0.4 is 5.32 Å². The van der Waals surface area contributed by atoms with Crippen molar-refractivity contribution >= 4 is 11.7 Å². The number of carboxylic acid groups (broad SMARTS) is 1. The number of nitrogens with zero attached hydrogens (tertiary/aromatic N) is 2. The fraction of sp³-hybridized carbons (Fsp3) is 0.333. The Bertz CT molecular complexity index is 605. The Morgan fingerprint density at radius 3 is 2.50 bits per heavy atom. The molecule has 0 saturated carbocycles. The molecule has 0 amide bonds. The lowest BCUT2D eigenvalue weighted by Gasteiger charge is -2.16. The van der Waals surface area contributed by atoms with Gasteiger partial charge >= 0.3 is 5.97 Å². The van der Waals surface area contributed by atoms with Crippen LogP contribution in [0.5, 0.6) is 0 Å². The number of anilines is 1. The summed E-state index contributed by atoms with van der Waals surface area (Å²) < 4.78 is 1.75. The van der Waals surface area contributed by atoms with E-state index < -0.39 is 12.0 Å². The molecule has 0 aliphatic heterocycles. The molecule has 1 atom stereocenters. The minimum absolute atomic E-state index is 0.434. The topological polar surface area (TPSA) is 67.2 Å². The third-order valence-corrected chi connectivity index (χ3v) is 3.41. The number of hydrogen-bond donors (Lipinski definition) is 2. The Hall–Kier alpha value is -2.30. The van der Waals surface area contributed by atoms with Gasteiger partial charge in [0.1, 0.15) is 6.04 Å². The van der Waals surface area contributed by atoms with E-state index in [4.69, 9.17) is 0 Å². The number of carbonyl (C=O) groups is 1.